The van der Waals surface area contributed by atoms with Crippen molar-refractivity contribution < 1.29 is 13.2 Å². The number of ether oxygens (including phenoxy) is 1. The van der Waals surface area contributed by atoms with Crippen LogP contribution in [-0.2, 0) is 21.3 Å². The van der Waals surface area contributed by atoms with Crippen LogP contribution in [0.15, 0.2) is 11.2 Å². The van der Waals surface area contributed by atoms with Gasteiger partial charge in [-0.05, 0) is 25.8 Å². The Kier molecular flexibility index (Phi) is 4.92. The van der Waals surface area contributed by atoms with Gasteiger partial charge in [0.2, 0.25) is 0 Å². The third kappa shape index (κ3) is 4.27. The average molecular weight is 288 g/mol. The van der Waals surface area contributed by atoms with Crippen molar-refractivity contribution in [3.63, 3.8) is 0 Å². The Hall–Kier alpha value is -0.960. The maximum atomic E-state index is 12.0. The number of hydrogen-bond donors (Lipinski definition) is 3. The van der Waals surface area contributed by atoms with Gasteiger partial charge in [-0.3, -0.25) is 5.10 Å². The second-order valence-corrected chi connectivity index (χ2v) is 6.37. The van der Waals surface area contributed by atoms with Crippen LogP contribution in [0.1, 0.15) is 18.4 Å². The molecule has 0 atom stereocenters. The highest BCUT2D eigenvalue weighted by molar-refractivity contribution is 7.89. The van der Waals surface area contributed by atoms with Crippen molar-refractivity contribution in [1.82, 2.24) is 20.2 Å². The smallest absolute Gasteiger partial charge is 0.257 e. The molecule has 1 aliphatic rings. The molecule has 108 valence electrons. The average Bonchev–Trinajstić information content (AvgIpc) is 3.06. The number of aromatic amines is 1. The summed E-state index contributed by atoms with van der Waals surface area (Å²) in [6.07, 6.45) is 3.97. The van der Waals surface area contributed by atoms with Crippen LogP contribution in [0.5, 0.6) is 0 Å². The van der Waals surface area contributed by atoms with E-state index < -0.39 is 10.0 Å². The number of nitrogens with zero attached hydrogens (tertiary/aromatic N) is 1. The first-order valence-electron chi connectivity index (χ1n) is 6.37. The highest BCUT2D eigenvalue weighted by Crippen LogP contribution is 2.28. The normalized spacial score (nSPS) is 15.8. The monoisotopic (exact) mass is 288 g/mol. The summed E-state index contributed by atoms with van der Waals surface area (Å²) in [5, 5.41) is 9.30. The van der Waals surface area contributed by atoms with Crippen LogP contribution >= 0.6 is 0 Å². The molecule has 1 aliphatic carbocycles. The molecule has 1 aromatic rings. The van der Waals surface area contributed by atoms with Crippen molar-refractivity contribution in [3.05, 3.63) is 11.8 Å². The van der Waals surface area contributed by atoms with E-state index in [-0.39, 0.29) is 11.6 Å². The minimum Gasteiger partial charge on any atom is -0.380 e. The van der Waals surface area contributed by atoms with Crippen molar-refractivity contribution in [1.29, 1.82) is 0 Å². The van der Waals surface area contributed by atoms with Crippen LogP contribution in [0.3, 0.4) is 0 Å². The zero-order valence-electron chi connectivity index (χ0n) is 11.0. The highest BCUT2D eigenvalue weighted by Gasteiger charge is 2.22. The van der Waals surface area contributed by atoms with Crippen LogP contribution in [0.25, 0.3) is 0 Å². The molecule has 1 fully saturated rings. The number of nitrogens with one attached hydrogen (secondary N) is 3. The molecular weight excluding hydrogens is 268 g/mol. The quantitative estimate of drug-likeness (QED) is 0.548. The number of H-pyrrole nitrogens is 1. The van der Waals surface area contributed by atoms with E-state index in [1.54, 1.807) is 7.05 Å². The zero-order chi connectivity index (χ0) is 13.7. The number of rotatable bonds is 9. The summed E-state index contributed by atoms with van der Waals surface area (Å²) in [4.78, 5) is 0. The van der Waals surface area contributed by atoms with Crippen LogP contribution in [0.2, 0.25) is 0 Å². The van der Waals surface area contributed by atoms with Crippen LogP contribution < -0.4 is 10.0 Å². The van der Waals surface area contributed by atoms with Crippen molar-refractivity contribution >= 4 is 10.0 Å². The molecule has 0 saturated heterocycles. The molecule has 8 heteroatoms. The van der Waals surface area contributed by atoms with E-state index in [0.29, 0.717) is 24.6 Å². The fraction of sp³-hybridized carbons (Fsp3) is 0.727. The molecule has 0 spiro atoms. The van der Waals surface area contributed by atoms with Gasteiger partial charge in [0.15, 0.2) is 5.03 Å². The lowest BCUT2D eigenvalue weighted by Crippen LogP contribution is -2.29. The second-order valence-electron chi connectivity index (χ2n) is 4.67. The maximum absolute atomic E-state index is 12.0. The third-order valence-electron chi connectivity index (χ3n) is 2.90. The van der Waals surface area contributed by atoms with Crippen molar-refractivity contribution in [2.45, 2.75) is 24.4 Å². The van der Waals surface area contributed by atoms with Crippen molar-refractivity contribution in [2.75, 3.05) is 26.8 Å². The SMILES string of the molecule is CNCc1cn[nH]c1S(=O)(=O)NCCOCC1CC1. The molecule has 0 aliphatic heterocycles. The van der Waals surface area contributed by atoms with Gasteiger partial charge in [-0.1, -0.05) is 0 Å². The number of aromatic nitrogens is 2. The summed E-state index contributed by atoms with van der Waals surface area (Å²) >= 11 is 0. The van der Waals surface area contributed by atoms with Gasteiger partial charge in [-0.25, -0.2) is 13.1 Å². The molecular formula is C11H20N4O3S. The molecule has 1 aromatic heterocycles. The van der Waals surface area contributed by atoms with E-state index >= 15 is 0 Å². The van der Waals surface area contributed by atoms with Crippen molar-refractivity contribution in [3.8, 4) is 0 Å². The Morgan fingerprint density at radius 2 is 2.32 bits per heavy atom. The lowest BCUT2D eigenvalue weighted by molar-refractivity contribution is 0.129. The first-order valence-corrected chi connectivity index (χ1v) is 7.86. The molecule has 7 nitrogen and oxygen atoms in total. The molecule has 0 bridgehead atoms. The van der Waals surface area contributed by atoms with E-state index in [4.69, 9.17) is 4.74 Å². The Morgan fingerprint density at radius 1 is 1.53 bits per heavy atom. The Balaban J connectivity index is 1.80. The van der Waals surface area contributed by atoms with Gasteiger partial charge in [0.25, 0.3) is 10.0 Å². The molecule has 1 saturated carbocycles. The third-order valence-corrected chi connectivity index (χ3v) is 4.38. The van der Waals surface area contributed by atoms with Gasteiger partial charge < -0.3 is 10.1 Å². The van der Waals surface area contributed by atoms with Crippen LogP contribution in [-0.4, -0.2) is 45.4 Å². The van der Waals surface area contributed by atoms with Gasteiger partial charge in [0.05, 0.1) is 12.8 Å². The Labute approximate surface area is 113 Å². The minimum absolute atomic E-state index is 0.115. The fourth-order valence-corrected chi connectivity index (χ4v) is 2.84. The summed E-state index contributed by atoms with van der Waals surface area (Å²) in [7, 11) is -1.79. The second kappa shape index (κ2) is 6.47. The molecule has 0 aromatic carbocycles. The topological polar surface area (TPSA) is 96.1 Å². The summed E-state index contributed by atoms with van der Waals surface area (Å²) < 4.78 is 32.0. The van der Waals surface area contributed by atoms with Gasteiger partial charge in [0, 0.05) is 25.3 Å². The lowest BCUT2D eigenvalue weighted by Gasteiger charge is -2.07. The number of hydrogen-bond acceptors (Lipinski definition) is 5. The zero-order valence-corrected chi connectivity index (χ0v) is 11.8. The van der Waals surface area contributed by atoms with E-state index in [1.165, 1.54) is 19.0 Å². The van der Waals surface area contributed by atoms with Gasteiger partial charge in [-0.15, -0.1) is 0 Å². The van der Waals surface area contributed by atoms with Crippen LogP contribution in [0.4, 0.5) is 0 Å². The van der Waals surface area contributed by atoms with Gasteiger partial charge >= 0.3 is 0 Å². The largest absolute Gasteiger partial charge is 0.380 e. The molecule has 19 heavy (non-hydrogen) atoms. The van der Waals surface area contributed by atoms with E-state index in [0.717, 1.165) is 6.61 Å². The van der Waals surface area contributed by atoms with Gasteiger partial charge in [-0.2, -0.15) is 5.10 Å². The first kappa shape index (κ1) is 14.4. The minimum atomic E-state index is -3.54. The fourth-order valence-electron chi connectivity index (χ4n) is 1.70. The molecule has 1 heterocycles. The van der Waals surface area contributed by atoms with Crippen molar-refractivity contribution in [2.24, 2.45) is 5.92 Å². The summed E-state index contributed by atoms with van der Waals surface area (Å²) in [6.45, 7) is 1.85. The molecule has 0 unspecified atom stereocenters. The van der Waals surface area contributed by atoms with E-state index in [9.17, 15) is 8.42 Å². The highest BCUT2D eigenvalue weighted by atomic mass is 32.2. The first-order chi connectivity index (χ1) is 9.13. The Bertz CT molecular complexity index is 496. The molecule has 3 N–H and O–H groups in total. The Morgan fingerprint density at radius 3 is 3.00 bits per heavy atom. The van der Waals surface area contributed by atoms with E-state index in [2.05, 4.69) is 20.2 Å². The predicted octanol–water partition coefficient (Wildman–Crippen LogP) is -0.166. The molecule has 2 rings (SSSR count). The molecule has 0 radical (unpaired) electrons. The summed E-state index contributed by atoms with van der Waals surface area (Å²) in [5.41, 5.74) is 0.619. The predicted molar refractivity (Wildman–Crippen MR) is 70.1 cm³/mol. The molecule has 0 amide bonds. The van der Waals surface area contributed by atoms with Crippen LogP contribution in [0, 0.1) is 5.92 Å². The number of sulfonamides is 1. The summed E-state index contributed by atoms with van der Waals surface area (Å²) in [5.74, 6) is 0.687. The lowest BCUT2D eigenvalue weighted by atomic mass is 10.4. The van der Waals surface area contributed by atoms with Gasteiger partial charge in [0.1, 0.15) is 0 Å². The summed E-state index contributed by atoms with van der Waals surface area (Å²) in [6, 6.07) is 0. The standard InChI is InChI=1S/C11H20N4O3S/c1-12-6-10-7-13-15-11(10)19(16,17)14-4-5-18-8-9-2-3-9/h7,9,12,14H,2-6,8H2,1H3,(H,13,15). The van der Waals surface area contributed by atoms with E-state index in [1.807, 2.05) is 0 Å². The maximum Gasteiger partial charge on any atom is 0.257 e.